The summed E-state index contributed by atoms with van der Waals surface area (Å²) < 4.78 is 5.59. The van der Waals surface area contributed by atoms with E-state index in [1.165, 1.54) is 0 Å². The Morgan fingerprint density at radius 3 is 2.86 bits per heavy atom. The molecule has 6 nitrogen and oxygen atoms in total. The van der Waals surface area contributed by atoms with Crippen molar-refractivity contribution in [2.75, 3.05) is 0 Å². The van der Waals surface area contributed by atoms with Crippen LogP contribution in [0.3, 0.4) is 0 Å². The number of rotatable bonds is 4. The molecule has 0 radical (unpaired) electrons. The van der Waals surface area contributed by atoms with Gasteiger partial charge < -0.3 is 15.1 Å². The molecule has 1 aromatic carbocycles. The van der Waals surface area contributed by atoms with Crippen LogP contribution in [0, 0.1) is 6.92 Å². The van der Waals surface area contributed by atoms with Gasteiger partial charge >= 0.3 is 0 Å². The first-order valence-electron chi connectivity index (χ1n) is 7.22. The van der Waals surface area contributed by atoms with Crippen molar-refractivity contribution in [2.24, 2.45) is 0 Å². The molecule has 2 aromatic rings. The second-order valence-electron chi connectivity index (χ2n) is 5.26. The molecular weight excluding hydrogens is 282 g/mol. The number of carbonyl (C=O) groups is 2. The number of aromatic nitrogens is 1. The summed E-state index contributed by atoms with van der Waals surface area (Å²) in [7, 11) is 0. The molecule has 114 valence electrons. The van der Waals surface area contributed by atoms with Gasteiger partial charge in [0.1, 0.15) is 17.5 Å². The highest BCUT2D eigenvalue weighted by Gasteiger charge is 2.27. The van der Waals surface area contributed by atoms with Crippen molar-refractivity contribution in [3.05, 3.63) is 42.0 Å². The largest absolute Gasteiger partial charge is 0.443 e. The predicted molar refractivity (Wildman–Crippen MR) is 79.7 cm³/mol. The Bertz CT molecular complexity index is 694. The van der Waals surface area contributed by atoms with Crippen LogP contribution in [0.5, 0.6) is 0 Å². The van der Waals surface area contributed by atoms with Gasteiger partial charge in [0, 0.05) is 12.0 Å². The zero-order valence-corrected chi connectivity index (χ0v) is 12.3. The first kappa shape index (κ1) is 14.3. The maximum absolute atomic E-state index is 11.9. The molecule has 1 aliphatic rings. The van der Waals surface area contributed by atoms with E-state index in [9.17, 15) is 9.59 Å². The number of carbonyl (C=O) groups excluding carboxylic acids is 2. The molecule has 1 aromatic heterocycles. The van der Waals surface area contributed by atoms with Gasteiger partial charge in [-0.1, -0.05) is 30.3 Å². The van der Waals surface area contributed by atoms with Crippen molar-refractivity contribution >= 4 is 11.8 Å². The van der Waals surface area contributed by atoms with Gasteiger partial charge in [0.05, 0.1) is 6.54 Å². The molecule has 1 fully saturated rings. The van der Waals surface area contributed by atoms with E-state index < -0.39 is 6.04 Å². The normalized spacial score (nSPS) is 17.3. The van der Waals surface area contributed by atoms with E-state index in [0.717, 1.165) is 11.3 Å². The molecular formula is C16H17N3O3. The van der Waals surface area contributed by atoms with Crippen molar-refractivity contribution in [1.82, 2.24) is 15.6 Å². The van der Waals surface area contributed by atoms with Gasteiger partial charge in [-0.2, -0.15) is 0 Å². The van der Waals surface area contributed by atoms with Gasteiger partial charge in [0.15, 0.2) is 0 Å². The highest BCUT2D eigenvalue weighted by molar-refractivity contribution is 5.90. The number of nitrogens with zero attached hydrogens (tertiary/aromatic N) is 1. The van der Waals surface area contributed by atoms with Crippen LogP contribution in [0.1, 0.15) is 24.5 Å². The topological polar surface area (TPSA) is 84.2 Å². The first-order chi connectivity index (χ1) is 10.6. The van der Waals surface area contributed by atoms with Gasteiger partial charge in [-0.15, -0.1) is 0 Å². The summed E-state index contributed by atoms with van der Waals surface area (Å²) >= 11 is 0. The smallest absolute Gasteiger partial charge is 0.243 e. The summed E-state index contributed by atoms with van der Waals surface area (Å²) in [5.74, 6) is 0.875. The Kier molecular flexibility index (Phi) is 3.91. The number of hydrogen-bond acceptors (Lipinski definition) is 4. The standard InChI is InChI=1S/C16H17N3O3/c1-10-15(11-5-3-2-4-6-11)19-14(22-10)9-17-16(21)12-7-8-13(20)18-12/h2-6,12H,7-9H2,1H3,(H,17,21)(H,18,20). The van der Waals surface area contributed by atoms with E-state index in [-0.39, 0.29) is 18.4 Å². The summed E-state index contributed by atoms with van der Waals surface area (Å²) in [5.41, 5.74) is 1.75. The predicted octanol–water partition coefficient (Wildman–Crippen LogP) is 1.54. The van der Waals surface area contributed by atoms with Crippen molar-refractivity contribution in [2.45, 2.75) is 32.4 Å². The third-order valence-corrected chi connectivity index (χ3v) is 3.61. The highest BCUT2D eigenvalue weighted by Crippen LogP contribution is 2.22. The van der Waals surface area contributed by atoms with Crippen LogP contribution in [0.25, 0.3) is 11.3 Å². The molecule has 0 aliphatic carbocycles. The Morgan fingerprint density at radius 1 is 1.41 bits per heavy atom. The van der Waals surface area contributed by atoms with Crippen LogP contribution in [-0.4, -0.2) is 22.8 Å². The molecule has 1 aliphatic heterocycles. The number of amides is 2. The number of nitrogens with one attached hydrogen (secondary N) is 2. The number of benzene rings is 1. The Labute approximate surface area is 127 Å². The molecule has 0 bridgehead atoms. The fraction of sp³-hybridized carbons (Fsp3) is 0.312. The molecule has 1 atom stereocenters. The average molecular weight is 299 g/mol. The lowest BCUT2D eigenvalue weighted by atomic mass is 10.1. The van der Waals surface area contributed by atoms with Gasteiger partial charge in [-0.05, 0) is 13.3 Å². The van der Waals surface area contributed by atoms with E-state index in [4.69, 9.17) is 4.42 Å². The fourth-order valence-corrected chi connectivity index (χ4v) is 2.49. The highest BCUT2D eigenvalue weighted by atomic mass is 16.4. The number of aryl methyl sites for hydroxylation is 1. The van der Waals surface area contributed by atoms with Crippen LogP contribution < -0.4 is 10.6 Å². The van der Waals surface area contributed by atoms with E-state index in [1.54, 1.807) is 0 Å². The Morgan fingerprint density at radius 2 is 2.18 bits per heavy atom. The first-order valence-corrected chi connectivity index (χ1v) is 7.22. The molecule has 2 heterocycles. The fourth-order valence-electron chi connectivity index (χ4n) is 2.49. The van der Waals surface area contributed by atoms with Gasteiger partial charge in [-0.3, -0.25) is 9.59 Å². The third-order valence-electron chi connectivity index (χ3n) is 3.61. The lowest BCUT2D eigenvalue weighted by Crippen LogP contribution is -2.41. The molecule has 0 spiro atoms. The molecule has 2 N–H and O–H groups in total. The zero-order chi connectivity index (χ0) is 15.5. The second kappa shape index (κ2) is 6.01. The maximum atomic E-state index is 11.9. The second-order valence-corrected chi connectivity index (χ2v) is 5.26. The SMILES string of the molecule is Cc1oc(CNC(=O)C2CCC(=O)N2)nc1-c1ccccc1. The van der Waals surface area contributed by atoms with Crippen LogP contribution in [0.4, 0.5) is 0 Å². The van der Waals surface area contributed by atoms with Crippen molar-refractivity contribution in [3.8, 4) is 11.3 Å². The monoisotopic (exact) mass is 299 g/mol. The van der Waals surface area contributed by atoms with Crippen LogP contribution in [0.2, 0.25) is 0 Å². The van der Waals surface area contributed by atoms with Gasteiger partial charge in [-0.25, -0.2) is 4.98 Å². The summed E-state index contributed by atoms with van der Waals surface area (Å²) in [6.07, 6.45) is 0.929. The zero-order valence-electron chi connectivity index (χ0n) is 12.3. The number of oxazole rings is 1. The lowest BCUT2D eigenvalue weighted by molar-refractivity contribution is -0.125. The molecule has 1 unspecified atom stereocenters. The van der Waals surface area contributed by atoms with Crippen LogP contribution in [0.15, 0.2) is 34.7 Å². The summed E-state index contributed by atoms with van der Waals surface area (Å²) in [6, 6.07) is 9.29. The quantitative estimate of drug-likeness (QED) is 0.897. The van der Waals surface area contributed by atoms with E-state index in [0.29, 0.717) is 24.5 Å². The summed E-state index contributed by atoms with van der Waals surface area (Å²) in [6.45, 7) is 2.05. The van der Waals surface area contributed by atoms with Crippen molar-refractivity contribution in [3.63, 3.8) is 0 Å². The summed E-state index contributed by atoms with van der Waals surface area (Å²) in [5, 5.41) is 5.37. The van der Waals surface area contributed by atoms with E-state index in [2.05, 4.69) is 15.6 Å². The minimum absolute atomic E-state index is 0.0847. The Balaban J connectivity index is 1.64. The minimum atomic E-state index is -0.447. The third kappa shape index (κ3) is 3.00. The maximum Gasteiger partial charge on any atom is 0.243 e. The van der Waals surface area contributed by atoms with Crippen molar-refractivity contribution in [1.29, 1.82) is 0 Å². The number of hydrogen-bond donors (Lipinski definition) is 2. The van der Waals surface area contributed by atoms with Crippen LogP contribution in [-0.2, 0) is 16.1 Å². The summed E-state index contributed by atoms with van der Waals surface area (Å²) in [4.78, 5) is 27.5. The van der Waals surface area contributed by atoms with Gasteiger partial charge in [0.2, 0.25) is 17.7 Å². The molecule has 3 rings (SSSR count). The molecule has 22 heavy (non-hydrogen) atoms. The van der Waals surface area contributed by atoms with Crippen LogP contribution >= 0.6 is 0 Å². The van der Waals surface area contributed by atoms with E-state index >= 15 is 0 Å². The lowest BCUT2D eigenvalue weighted by Gasteiger charge is -2.09. The van der Waals surface area contributed by atoms with Gasteiger partial charge in [0.25, 0.3) is 0 Å². The molecule has 0 saturated carbocycles. The minimum Gasteiger partial charge on any atom is -0.443 e. The average Bonchev–Trinajstić information content (AvgIpc) is 3.12. The molecule has 6 heteroatoms. The molecule has 2 amide bonds. The van der Waals surface area contributed by atoms with E-state index in [1.807, 2.05) is 37.3 Å². The van der Waals surface area contributed by atoms with Crippen molar-refractivity contribution < 1.29 is 14.0 Å². The Hall–Kier alpha value is -2.63. The molecule has 1 saturated heterocycles.